The molecule has 1 fully saturated rings. The van der Waals surface area contributed by atoms with Crippen LogP contribution in [0.15, 0.2) is 36.5 Å². The lowest BCUT2D eigenvalue weighted by molar-refractivity contribution is -0.188. The van der Waals surface area contributed by atoms with E-state index in [2.05, 4.69) is 4.98 Å². The molecule has 1 aliphatic heterocycles. The van der Waals surface area contributed by atoms with E-state index in [0.717, 1.165) is 23.7 Å². The lowest BCUT2D eigenvalue weighted by Gasteiger charge is -2.33. The second-order valence-electron chi connectivity index (χ2n) is 4.79. The second kappa shape index (κ2) is 4.97. The van der Waals surface area contributed by atoms with Crippen LogP contribution in [0.2, 0.25) is 0 Å². The van der Waals surface area contributed by atoms with E-state index >= 15 is 0 Å². The molecular weight excluding hydrogens is 242 g/mol. The number of cyclic esters (lactones) is 1. The highest BCUT2D eigenvalue weighted by molar-refractivity contribution is 5.82. The Labute approximate surface area is 111 Å². The summed E-state index contributed by atoms with van der Waals surface area (Å²) in [5.74, 6) is -0.625. The first kappa shape index (κ1) is 12.1. The predicted molar refractivity (Wildman–Crippen MR) is 70.5 cm³/mol. The third kappa shape index (κ3) is 2.19. The van der Waals surface area contributed by atoms with Crippen molar-refractivity contribution in [2.24, 2.45) is 5.92 Å². The molecule has 1 saturated heterocycles. The third-order valence-electron chi connectivity index (χ3n) is 3.65. The van der Waals surface area contributed by atoms with Crippen molar-refractivity contribution in [3.63, 3.8) is 0 Å². The van der Waals surface area contributed by atoms with Gasteiger partial charge in [0.2, 0.25) is 0 Å². The number of aliphatic hydroxyl groups is 1. The molecule has 0 amide bonds. The fourth-order valence-electron chi connectivity index (χ4n) is 2.52. The van der Waals surface area contributed by atoms with Crippen LogP contribution in [0.25, 0.3) is 10.9 Å². The van der Waals surface area contributed by atoms with Gasteiger partial charge in [0, 0.05) is 11.6 Å². The van der Waals surface area contributed by atoms with Gasteiger partial charge >= 0.3 is 5.97 Å². The summed E-state index contributed by atoms with van der Waals surface area (Å²) in [4.78, 5) is 15.4. The van der Waals surface area contributed by atoms with Gasteiger partial charge in [-0.1, -0.05) is 18.2 Å². The van der Waals surface area contributed by atoms with Gasteiger partial charge in [-0.25, -0.2) is 0 Å². The molecule has 1 N–H and O–H groups in total. The predicted octanol–water partition coefficient (Wildman–Crippen LogP) is 1.70. The average molecular weight is 257 g/mol. The number of pyridine rings is 1. The number of aryl methyl sites for hydroxylation is 1. The molecule has 4 heteroatoms. The molecule has 1 aromatic heterocycles. The van der Waals surface area contributed by atoms with Crippen molar-refractivity contribution >= 4 is 16.9 Å². The molecule has 0 radical (unpaired) electrons. The molecule has 19 heavy (non-hydrogen) atoms. The van der Waals surface area contributed by atoms with Crippen molar-refractivity contribution < 1.29 is 14.6 Å². The molecule has 1 aliphatic rings. The average Bonchev–Trinajstić information content (AvgIpc) is 2.43. The first-order valence-corrected chi connectivity index (χ1v) is 6.43. The number of aliphatic hydroxyl groups excluding tert-OH is 1. The molecule has 0 spiro atoms. The summed E-state index contributed by atoms with van der Waals surface area (Å²) in [5.41, 5.74) is 2.18. The summed E-state index contributed by atoms with van der Waals surface area (Å²) in [6.07, 6.45) is 3.21. The van der Waals surface area contributed by atoms with E-state index in [1.54, 1.807) is 6.20 Å². The van der Waals surface area contributed by atoms with E-state index in [1.165, 1.54) is 5.56 Å². The molecule has 0 saturated carbocycles. The van der Waals surface area contributed by atoms with Gasteiger partial charge in [-0.2, -0.15) is 0 Å². The summed E-state index contributed by atoms with van der Waals surface area (Å²) in [6.45, 7) is -0.124. The summed E-state index contributed by atoms with van der Waals surface area (Å²) in [6, 6.07) is 9.99. The number of rotatable bonds is 4. The van der Waals surface area contributed by atoms with E-state index < -0.39 is 0 Å². The monoisotopic (exact) mass is 257 g/mol. The lowest BCUT2D eigenvalue weighted by atomic mass is 9.91. The summed E-state index contributed by atoms with van der Waals surface area (Å²) >= 11 is 0. The van der Waals surface area contributed by atoms with E-state index in [1.807, 2.05) is 30.3 Å². The van der Waals surface area contributed by atoms with Gasteiger partial charge in [-0.15, -0.1) is 0 Å². The van der Waals surface area contributed by atoms with Crippen LogP contribution in [0.1, 0.15) is 12.0 Å². The smallest absolute Gasteiger partial charge is 0.315 e. The van der Waals surface area contributed by atoms with Crippen LogP contribution < -0.4 is 0 Å². The molecule has 2 atom stereocenters. The van der Waals surface area contributed by atoms with Crippen molar-refractivity contribution in [2.75, 3.05) is 6.61 Å². The molecule has 2 heterocycles. The molecule has 2 aromatic rings. The molecule has 1 aromatic carbocycles. The van der Waals surface area contributed by atoms with Crippen LogP contribution >= 0.6 is 0 Å². The fourth-order valence-corrected chi connectivity index (χ4v) is 2.52. The minimum absolute atomic E-state index is 0.124. The van der Waals surface area contributed by atoms with Gasteiger partial charge in [-0.05, 0) is 30.5 Å². The Kier molecular flexibility index (Phi) is 3.17. The van der Waals surface area contributed by atoms with Crippen molar-refractivity contribution in [2.45, 2.75) is 18.9 Å². The zero-order valence-electron chi connectivity index (χ0n) is 10.5. The minimum atomic E-state index is -0.340. The summed E-state index contributed by atoms with van der Waals surface area (Å²) < 4.78 is 5.06. The number of nitrogens with zero attached hydrogens (tertiary/aromatic N) is 1. The van der Waals surface area contributed by atoms with Crippen molar-refractivity contribution in [1.82, 2.24) is 4.98 Å². The zero-order chi connectivity index (χ0) is 13.2. The lowest BCUT2D eigenvalue weighted by Crippen LogP contribution is -2.47. The molecular formula is C15H15NO3. The number of hydrogen-bond acceptors (Lipinski definition) is 4. The van der Waals surface area contributed by atoms with Gasteiger partial charge in [0.1, 0.15) is 12.0 Å². The number of carbonyl (C=O) groups excluding carboxylic acids is 1. The van der Waals surface area contributed by atoms with E-state index in [-0.39, 0.29) is 24.6 Å². The normalized spacial score (nSPS) is 22.1. The molecule has 0 aliphatic carbocycles. The number of fused-ring (bicyclic) bond motifs is 1. The Morgan fingerprint density at radius 1 is 1.26 bits per heavy atom. The third-order valence-corrected chi connectivity index (χ3v) is 3.65. The van der Waals surface area contributed by atoms with E-state index in [0.29, 0.717) is 0 Å². The highest BCUT2D eigenvalue weighted by Gasteiger charge is 2.41. The van der Waals surface area contributed by atoms with Gasteiger partial charge in [0.25, 0.3) is 0 Å². The Morgan fingerprint density at radius 2 is 2.11 bits per heavy atom. The summed E-state index contributed by atoms with van der Waals surface area (Å²) in [7, 11) is 0. The Morgan fingerprint density at radius 3 is 2.89 bits per heavy atom. The molecule has 98 valence electrons. The van der Waals surface area contributed by atoms with E-state index in [4.69, 9.17) is 9.84 Å². The first-order valence-electron chi connectivity index (χ1n) is 6.43. The van der Waals surface area contributed by atoms with Crippen LogP contribution in [-0.4, -0.2) is 28.8 Å². The van der Waals surface area contributed by atoms with Crippen LogP contribution in [-0.2, 0) is 16.0 Å². The highest BCUT2D eigenvalue weighted by atomic mass is 16.6. The largest absolute Gasteiger partial charge is 0.461 e. The number of ether oxygens (including phenoxy) is 1. The standard InChI is InChI=1S/C15H15NO3/c17-9-12-14(19-15(12)18)6-5-10-7-8-16-13-4-2-1-3-11(10)13/h1-4,7-8,12,14,17H,5-6,9H2/t12-,14-/m0/s1. The van der Waals surface area contributed by atoms with Gasteiger partial charge in [-0.3, -0.25) is 9.78 Å². The zero-order valence-corrected chi connectivity index (χ0v) is 10.5. The van der Waals surface area contributed by atoms with Crippen LogP contribution in [0.3, 0.4) is 0 Å². The van der Waals surface area contributed by atoms with Crippen LogP contribution in [0.4, 0.5) is 0 Å². The topological polar surface area (TPSA) is 59.4 Å². The highest BCUT2D eigenvalue weighted by Crippen LogP contribution is 2.27. The Hall–Kier alpha value is -1.94. The van der Waals surface area contributed by atoms with Gasteiger partial charge in [0.05, 0.1) is 12.1 Å². The van der Waals surface area contributed by atoms with Crippen LogP contribution in [0, 0.1) is 5.92 Å². The summed E-state index contributed by atoms with van der Waals surface area (Å²) in [5, 5.41) is 10.2. The second-order valence-corrected chi connectivity index (χ2v) is 4.79. The van der Waals surface area contributed by atoms with Crippen molar-refractivity contribution in [3.05, 3.63) is 42.1 Å². The van der Waals surface area contributed by atoms with Gasteiger partial charge in [0.15, 0.2) is 0 Å². The quantitative estimate of drug-likeness (QED) is 0.847. The molecule has 0 unspecified atom stereocenters. The maximum Gasteiger partial charge on any atom is 0.315 e. The number of aromatic nitrogens is 1. The SMILES string of the molecule is O=C1O[C@@H](CCc2ccnc3ccccc23)[C@@H]1CO. The Balaban J connectivity index is 1.74. The van der Waals surface area contributed by atoms with Crippen molar-refractivity contribution in [3.8, 4) is 0 Å². The number of benzene rings is 1. The molecule has 4 nitrogen and oxygen atoms in total. The first-order chi connectivity index (χ1) is 9.29. The number of carbonyl (C=O) groups is 1. The maximum atomic E-state index is 11.1. The van der Waals surface area contributed by atoms with E-state index in [9.17, 15) is 4.79 Å². The molecule has 3 rings (SSSR count). The Bertz CT molecular complexity index is 606. The maximum absolute atomic E-state index is 11.1. The minimum Gasteiger partial charge on any atom is -0.461 e. The fraction of sp³-hybridized carbons (Fsp3) is 0.333. The van der Waals surface area contributed by atoms with Gasteiger partial charge < -0.3 is 9.84 Å². The number of hydrogen-bond donors (Lipinski definition) is 1. The molecule has 0 bridgehead atoms. The van der Waals surface area contributed by atoms with Crippen LogP contribution in [0.5, 0.6) is 0 Å². The number of esters is 1. The number of para-hydroxylation sites is 1. The van der Waals surface area contributed by atoms with Crippen molar-refractivity contribution in [1.29, 1.82) is 0 Å².